The van der Waals surface area contributed by atoms with Crippen LogP contribution < -0.4 is 11.5 Å². The molecule has 166 valence electrons. The van der Waals surface area contributed by atoms with Gasteiger partial charge in [-0.2, -0.15) is 13.2 Å². The number of carbonyl (C=O) groups excluding carboxylic acids is 1. The number of rotatable bonds is 9. The van der Waals surface area contributed by atoms with E-state index in [4.69, 9.17) is 20.4 Å². The molecule has 0 radical (unpaired) electrons. The highest BCUT2D eigenvalue weighted by molar-refractivity contribution is 5.99. The highest BCUT2D eigenvalue weighted by Gasteiger charge is 2.31. The molecule has 2 heterocycles. The van der Waals surface area contributed by atoms with Crippen LogP contribution in [-0.2, 0) is 12.6 Å². The van der Waals surface area contributed by atoms with Gasteiger partial charge in [-0.15, -0.1) is 0 Å². The summed E-state index contributed by atoms with van der Waals surface area (Å²) in [5, 5.41) is 3.93. The molecule has 1 amide bonds. The van der Waals surface area contributed by atoms with Crippen LogP contribution in [0.2, 0.25) is 0 Å². The fraction of sp³-hybridized carbons (Fsp3) is 0.364. The van der Waals surface area contributed by atoms with E-state index >= 15 is 0 Å². The molecule has 9 heteroatoms. The number of carbonyl (C=O) groups is 1. The third-order valence-corrected chi connectivity index (χ3v) is 5.08. The van der Waals surface area contributed by atoms with E-state index in [-0.39, 0.29) is 34.4 Å². The third-order valence-electron chi connectivity index (χ3n) is 5.08. The summed E-state index contributed by atoms with van der Waals surface area (Å²) in [4.78, 5) is 12.0. The Labute approximate surface area is 177 Å². The SMILES string of the molecule is CCC(N)CCCCc1onc(-c2ccc(-c3cccc(C(F)(F)F)c3)o2)c1C(N)=O. The van der Waals surface area contributed by atoms with Gasteiger partial charge >= 0.3 is 6.18 Å². The molecular formula is C22H24F3N3O3. The summed E-state index contributed by atoms with van der Waals surface area (Å²) in [6.45, 7) is 2.02. The largest absolute Gasteiger partial charge is 0.454 e. The Morgan fingerprint density at radius 2 is 1.90 bits per heavy atom. The van der Waals surface area contributed by atoms with Crippen molar-refractivity contribution in [3.05, 3.63) is 53.3 Å². The number of nitrogens with two attached hydrogens (primary N) is 2. The Hall–Kier alpha value is -3.07. The molecule has 0 fully saturated rings. The van der Waals surface area contributed by atoms with Gasteiger partial charge in [0, 0.05) is 18.0 Å². The van der Waals surface area contributed by atoms with E-state index in [0.29, 0.717) is 12.2 Å². The van der Waals surface area contributed by atoms with Crippen molar-refractivity contribution in [2.75, 3.05) is 0 Å². The normalized spacial score (nSPS) is 12.8. The third kappa shape index (κ3) is 5.35. The molecule has 2 aromatic heterocycles. The van der Waals surface area contributed by atoms with Gasteiger partial charge in [-0.05, 0) is 43.5 Å². The van der Waals surface area contributed by atoms with Crippen molar-refractivity contribution < 1.29 is 26.9 Å². The molecule has 1 atom stereocenters. The second-order valence-electron chi connectivity index (χ2n) is 7.35. The zero-order valence-electron chi connectivity index (χ0n) is 17.0. The first kappa shape index (κ1) is 22.6. The molecule has 31 heavy (non-hydrogen) atoms. The van der Waals surface area contributed by atoms with Crippen molar-refractivity contribution in [3.8, 4) is 22.8 Å². The second-order valence-corrected chi connectivity index (χ2v) is 7.35. The molecular weight excluding hydrogens is 411 g/mol. The van der Waals surface area contributed by atoms with Gasteiger partial charge in [-0.3, -0.25) is 4.79 Å². The lowest BCUT2D eigenvalue weighted by atomic mass is 10.0. The Morgan fingerprint density at radius 1 is 1.16 bits per heavy atom. The number of aryl methyl sites for hydroxylation is 1. The van der Waals surface area contributed by atoms with Crippen molar-refractivity contribution in [1.82, 2.24) is 5.16 Å². The summed E-state index contributed by atoms with van der Waals surface area (Å²) < 4.78 is 50.0. The molecule has 3 aromatic rings. The average Bonchev–Trinajstić information content (AvgIpc) is 3.37. The number of alkyl halides is 3. The summed E-state index contributed by atoms with van der Waals surface area (Å²) in [7, 11) is 0. The topological polar surface area (TPSA) is 108 Å². The second kappa shape index (κ2) is 9.38. The van der Waals surface area contributed by atoms with Crippen LogP contribution in [0.1, 0.15) is 54.3 Å². The van der Waals surface area contributed by atoms with Crippen LogP contribution in [0.4, 0.5) is 13.2 Å². The summed E-state index contributed by atoms with van der Waals surface area (Å²) in [6, 6.07) is 7.94. The number of amides is 1. The molecule has 6 nitrogen and oxygen atoms in total. The van der Waals surface area contributed by atoms with Crippen molar-refractivity contribution >= 4 is 5.91 Å². The highest BCUT2D eigenvalue weighted by Crippen LogP contribution is 2.35. The molecule has 0 aliphatic rings. The molecule has 0 aliphatic heterocycles. The maximum absolute atomic E-state index is 13.0. The minimum absolute atomic E-state index is 0.115. The number of halogens is 3. The zero-order chi connectivity index (χ0) is 22.6. The molecule has 0 aliphatic carbocycles. The van der Waals surface area contributed by atoms with Gasteiger partial charge in [0.25, 0.3) is 5.91 Å². The van der Waals surface area contributed by atoms with Crippen LogP contribution in [0.5, 0.6) is 0 Å². The van der Waals surface area contributed by atoms with Crippen LogP contribution in [0.25, 0.3) is 22.8 Å². The van der Waals surface area contributed by atoms with Gasteiger partial charge in [-0.25, -0.2) is 0 Å². The highest BCUT2D eigenvalue weighted by atomic mass is 19.4. The van der Waals surface area contributed by atoms with E-state index in [0.717, 1.165) is 37.8 Å². The first-order chi connectivity index (χ1) is 14.7. The standard InChI is InChI=1S/C22H24F3N3O3/c1-2-15(26)8-3-4-9-17-19(21(27)29)20(28-31-17)18-11-10-16(30-18)13-6-5-7-14(12-13)22(23,24)25/h5-7,10-12,15H,2-4,8-9,26H2,1H3,(H2,27,29). The predicted molar refractivity (Wildman–Crippen MR) is 109 cm³/mol. The van der Waals surface area contributed by atoms with E-state index in [9.17, 15) is 18.0 Å². The summed E-state index contributed by atoms with van der Waals surface area (Å²) in [6.07, 6.45) is -0.636. The number of primary amides is 1. The van der Waals surface area contributed by atoms with Crippen LogP contribution >= 0.6 is 0 Å². The molecule has 0 spiro atoms. The molecule has 1 unspecified atom stereocenters. The van der Waals surface area contributed by atoms with E-state index in [1.807, 2.05) is 6.92 Å². The van der Waals surface area contributed by atoms with Gasteiger partial charge in [0.05, 0.1) is 5.56 Å². The maximum atomic E-state index is 13.0. The van der Waals surface area contributed by atoms with Crippen molar-refractivity contribution in [3.63, 3.8) is 0 Å². The maximum Gasteiger partial charge on any atom is 0.416 e. The Bertz CT molecular complexity index is 1040. The predicted octanol–water partition coefficient (Wildman–Crippen LogP) is 5.17. The summed E-state index contributed by atoms with van der Waals surface area (Å²) in [5.74, 6) is 0.0250. The van der Waals surface area contributed by atoms with Gasteiger partial charge in [0.15, 0.2) is 11.5 Å². The van der Waals surface area contributed by atoms with Crippen LogP contribution in [0, 0.1) is 0 Å². The zero-order valence-corrected chi connectivity index (χ0v) is 17.0. The lowest BCUT2D eigenvalue weighted by molar-refractivity contribution is -0.137. The smallest absolute Gasteiger partial charge is 0.416 e. The Balaban J connectivity index is 1.82. The lowest BCUT2D eigenvalue weighted by Gasteiger charge is -2.07. The number of unbranched alkanes of at least 4 members (excludes halogenated alkanes) is 1. The molecule has 0 saturated carbocycles. The fourth-order valence-corrected chi connectivity index (χ4v) is 3.28. The van der Waals surface area contributed by atoms with Gasteiger partial charge in [-0.1, -0.05) is 30.6 Å². The van der Waals surface area contributed by atoms with Crippen molar-refractivity contribution in [1.29, 1.82) is 0 Å². The number of nitrogens with zero attached hydrogens (tertiary/aromatic N) is 1. The number of aromatic nitrogens is 1. The molecule has 1 aromatic carbocycles. The van der Waals surface area contributed by atoms with E-state index < -0.39 is 17.6 Å². The van der Waals surface area contributed by atoms with Crippen LogP contribution in [0.3, 0.4) is 0 Å². The van der Waals surface area contributed by atoms with Crippen LogP contribution in [-0.4, -0.2) is 17.1 Å². The van der Waals surface area contributed by atoms with E-state index in [1.165, 1.54) is 24.3 Å². The molecule has 0 saturated heterocycles. The summed E-state index contributed by atoms with van der Waals surface area (Å²) >= 11 is 0. The monoisotopic (exact) mass is 435 g/mol. The fourth-order valence-electron chi connectivity index (χ4n) is 3.28. The van der Waals surface area contributed by atoms with Crippen molar-refractivity contribution in [2.45, 2.75) is 51.2 Å². The number of hydrogen-bond donors (Lipinski definition) is 2. The van der Waals surface area contributed by atoms with E-state index in [1.54, 1.807) is 0 Å². The van der Waals surface area contributed by atoms with Crippen molar-refractivity contribution in [2.24, 2.45) is 11.5 Å². The van der Waals surface area contributed by atoms with Crippen LogP contribution in [0.15, 0.2) is 45.3 Å². The van der Waals surface area contributed by atoms with E-state index in [2.05, 4.69) is 5.16 Å². The first-order valence-electron chi connectivity index (χ1n) is 10.0. The lowest BCUT2D eigenvalue weighted by Crippen LogP contribution is -2.18. The summed E-state index contributed by atoms with van der Waals surface area (Å²) in [5.41, 5.74) is 11.1. The quantitative estimate of drug-likeness (QED) is 0.451. The molecule has 3 rings (SSSR count). The molecule has 4 N–H and O–H groups in total. The first-order valence-corrected chi connectivity index (χ1v) is 10.0. The number of benzene rings is 1. The number of hydrogen-bond acceptors (Lipinski definition) is 5. The van der Waals surface area contributed by atoms with Gasteiger partial charge in [0.2, 0.25) is 0 Å². The minimum atomic E-state index is -4.47. The Kier molecular flexibility index (Phi) is 6.84. The Morgan fingerprint density at radius 3 is 2.58 bits per heavy atom. The minimum Gasteiger partial charge on any atom is -0.454 e. The number of furan rings is 1. The van der Waals surface area contributed by atoms with Gasteiger partial charge < -0.3 is 20.4 Å². The molecule has 0 bridgehead atoms. The van der Waals surface area contributed by atoms with Gasteiger partial charge in [0.1, 0.15) is 17.1 Å². The average molecular weight is 435 g/mol.